The van der Waals surface area contributed by atoms with Gasteiger partial charge in [-0.1, -0.05) is 60.7 Å². The number of nitrogens with one attached hydrogen (secondary N) is 1. The maximum atomic E-state index is 12.3. The number of nitrogens with zero attached hydrogens (tertiary/aromatic N) is 2. The van der Waals surface area contributed by atoms with Gasteiger partial charge >= 0.3 is 0 Å². The SMILES string of the molecule is O=C(CN(Cc1ccccc1)Cc1ccccc1)NN=Cc1ccco1. The third kappa shape index (κ3) is 5.72. The van der Waals surface area contributed by atoms with Gasteiger partial charge in [-0.2, -0.15) is 5.10 Å². The summed E-state index contributed by atoms with van der Waals surface area (Å²) < 4.78 is 5.14. The van der Waals surface area contributed by atoms with Crippen LogP contribution in [0.15, 0.2) is 88.6 Å². The molecule has 0 unspecified atom stereocenters. The Hall–Kier alpha value is -3.18. The Kier molecular flexibility index (Phi) is 6.34. The second-order valence-electron chi connectivity index (χ2n) is 5.92. The zero-order chi connectivity index (χ0) is 18.0. The van der Waals surface area contributed by atoms with Gasteiger partial charge in [0.1, 0.15) is 5.76 Å². The van der Waals surface area contributed by atoms with E-state index in [0.717, 1.165) is 11.1 Å². The zero-order valence-electron chi connectivity index (χ0n) is 14.4. The fourth-order valence-corrected chi connectivity index (χ4v) is 2.62. The Balaban J connectivity index is 1.61. The zero-order valence-corrected chi connectivity index (χ0v) is 14.4. The van der Waals surface area contributed by atoms with E-state index in [1.54, 1.807) is 18.4 Å². The predicted molar refractivity (Wildman–Crippen MR) is 101 cm³/mol. The summed E-state index contributed by atoms with van der Waals surface area (Å²) >= 11 is 0. The fourth-order valence-electron chi connectivity index (χ4n) is 2.62. The van der Waals surface area contributed by atoms with Crippen molar-refractivity contribution < 1.29 is 9.21 Å². The molecule has 0 saturated heterocycles. The van der Waals surface area contributed by atoms with Gasteiger partial charge in [0.05, 0.1) is 19.0 Å². The summed E-state index contributed by atoms with van der Waals surface area (Å²) in [5.41, 5.74) is 4.88. The normalized spacial score (nSPS) is 11.1. The van der Waals surface area contributed by atoms with E-state index in [2.05, 4.69) is 39.7 Å². The number of carbonyl (C=O) groups excluding carboxylic acids is 1. The monoisotopic (exact) mass is 347 g/mol. The first kappa shape index (κ1) is 17.6. The number of hydrogen-bond acceptors (Lipinski definition) is 4. The van der Waals surface area contributed by atoms with Crippen molar-refractivity contribution in [1.82, 2.24) is 10.3 Å². The van der Waals surface area contributed by atoms with Gasteiger partial charge in [-0.25, -0.2) is 5.43 Å². The van der Waals surface area contributed by atoms with Gasteiger partial charge in [0.25, 0.3) is 5.91 Å². The van der Waals surface area contributed by atoms with Crippen LogP contribution in [0.5, 0.6) is 0 Å². The van der Waals surface area contributed by atoms with Crippen LogP contribution in [0.4, 0.5) is 0 Å². The van der Waals surface area contributed by atoms with Crippen molar-refractivity contribution in [2.24, 2.45) is 5.10 Å². The van der Waals surface area contributed by atoms with Gasteiger partial charge in [0, 0.05) is 13.1 Å². The van der Waals surface area contributed by atoms with E-state index >= 15 is 0 Å². The van der Waals surface area contributed by atoms with E-state index in [0.29, 0.717) is 18.8 Å². The summed E-state index contributed by atoms with van der Waals surface area (Å²) in [7, 11) is 0. The molecule has 0 bridgehead atoms. The van der Waals surface area contributed by atoms with Crippen LogP contribution in [0.2, 0.25) is 0 Å². The number of furan rings is 1. The van der Waals surface area contributed by atoms with Crippen molar-refractivity contribution in [3.05, 3.63) is 95.9 Å². The summed E-state index contributed by atoms with van der Waals surface area (Å²) in [6.45, 7) is 1.62. The molecule has 0 fully saturated rings. The molecule has 3 rings (SSSR count). The molecule has 5 heteroatoms. The van der Waals surface area contributed by atoms with E-state index in [-0.39, 0.29) is 12.5 Å². The number of carbonyl (C=O) groups is 1. The number of benzene rings is 2. The molecule has 3 aromatic rings. The molecule has 0 radical (unpaired) electrons. The van der Waals surface area contributed by atoms with E-state index in [1.807, 2.05) is 36.4 Å². The van der Waals surface area contributed by atoms with Gasteiger partial charge < -0.3 is 4.42 Å². The third-order valence-electron chi connectivity index (χ3n) is 3.79. The van der Waals surface area contributed by atoms with Crippen LogP contribution in [-0.4, -0.2) is 23.6 Å². The molecular weight excluding hydrogens is 326 g/mol. The molecule has 26 heavy (non-hydrogen) atoms. The Morgan fingerprint density at radius 1 is 0.923 bits per heavy atom. The van der Waals surface area contributed by atoms with Gasteiger partial charge in [-0.3, -0.25) is 9.69 Å². The van der Waals surface area contributed by atoms with Crippen LogP contribution in [0.3, 0.4) is 0 Å². The maximum absolute atomic E-state index is 12.3. The highest BCUT2D eigenvalue weighted by molar-refractivity contribution is 5.81. The highest BCUT2D eigenvalue weighted by atomic mass is 16.3. The Labute approximate surface area is 153 Å². The first-order chi connectivity index (χ1) is 12.8. The quantitative estimate of drug-likeness (QED) is 0.502. The van der Waals surface area contributed by atoms with E-state index in [1.165, 1.54) is 6.21 Å². The molecule has 0 saturated carbocycles. The van der Waals surface area contributed by atoms with Crippen molar-refractivity contribution in [3.63, 3.8) is 0 Å². The number of rotatable bonds is 8. The van der Waals surface area contributed by atoms with Crippen LogP contribution >= 0.6 is 0 Å². The molecule has 1 N–H and O–H groups in total. The minimum Gasteiger partial charge on any atom is -0.463 e. The molecule has 0 aliphatic carbocycles. The first-order valence-electron chi connectivity index (χ1n) is 8.45. The lowest BCUT2D eigenvalue weighted by Gasteiger charge is -2.21. The van der Waals surface area contributed by atoms with E-state index in [9.17, 15) is 4.79 Å². The summed E-state index contributed by atoms with van der Waals surface area (Å²) in [5, 5.41) is 3.94. The highest BCUT2D eigenvalue weighted by Crippen LogP contribution is 2.09. The van der Waals surface area contributed by atoms with Crippen LogP contribution in [-0.2, 0) is 17.9 Å². The lowest BCUT2D eigenvalue weighted by molar-refractivity contribution is -0.122. The largest absolute Gasteiger partial charge is 0.463 e. The van der Waals surface area contributed by atoms with Gasteiger partial charge in [0.2, 0.25) is 0 Å². The lowest BCUT2D eigenvalue weighted by Crippen LogP contribution is -2.34. The molecule has 0 aliphatic heterocycles. The molecule has 0 atom stereocenters. The van der Waals surface area contributed by atoms with E-state index < -0.39 is 0 Å². The molecule has 0 aliphatic rings. The van der Waals surface area contributed by atoms with Gasteiger partial charge in [-0.15, -0.1) is 0 Å². The topological polar surface area (TPSA) is 57.8 Å². The summed E-state index contributed by atoms with van der Waals surface area (Å²) in [6.07, 6.45) is 3.04. The third-order valence-corrected chi connectivity index (χ3v) is 3.79. The van der Waals surface area contributed by atoms with Crippen LogP contribution in [0.1, 0.15) is 16.9 Å². The molecular formula is C21H21N3O2. The Morgan fingerprint density at radius 2 is 1.54 bits per heavy atom. The molecule has 5 nitrogen and oxygen atoms in total. The summed E-state index contributed by atoms with van der Waals surface area (Å²) in [5.74, 6) is 0.426. The fraction of sp³-hybridized carbons (Fsp3) is 0.143. The number of hydrogen-bond donors (Lipinski definition) is 1. The molecule has 1 amide bonds. The maximum Gasteiger partial charge on any atom is 0.254 e. The van der Waals surface area contributed by atoms with Crippen LogP contribution < -0.4 is 5.43 Å². The summed E-state index contributed by atoms with van der Waals surface area (Å²) in [4.78, 5) is 14.4. The van der Waals surface area contributed by atoms with Crippen molar-refractivity contribution in [2.75, 3.05) is 6.54 Å². The smallest absolute Gasteiger partial charge is 0.254 e. The first-order valence-corrected chi connectivity index (χ1v) is 8.45. The minimum atomic E-state index is -0.167. The second-order valence-corrected chi connectivity index (χ2v) is 5.92. The van der Waals surface area contributed by atoms with Gasteiger partial charge in [-0.05, 0) is 23.3 Å². The Bertz CT molecular complexity index is 773. The number of amides is 1. The molecule has 1 heterocycles. The minimum absolute atomic E-state index is 0.167. The molecule has 2 aromatic carbocycles. The highest BCUT2D eigenvalue weighted by Gasteiger charge is 2.12. The van der Waals surface area contributed by atoms with Crippen molar-refractivity contribution in [1.29, 1.82) is 0 Å². The molecule has 1 aromatic heterocycles. The van der Waals surface area contributed by atoms with Crippen molar-refractivity contribution in [3.8, 4) is 0 Å². The lowest BCUT2D eigenvalue weighted by atomic mass is 10.1. The predicted octanol–water partition coefficient (Wildman–Crippen LogP) is 3.43. The van der Waals surface area contributed by atoms with Crippen molar-refractivity contribution in [2.45, 2.75) is 13.1 Å². The second kappa shape index (κ2) is 9.34. The van der Waals surface area contributed by atoms with E-state index in [4.69, 9.17) is 4.42 Å². The van der Waals surface area contributed by atoms with Gasteiger partial charge in [0.15, 0.2) is 0 Å². The average Bonchev–Trinajstić information content (AvgIpc) is 3.17. The van der Waals surface area contributed by atoms with Crippen LogP contribution in [0.25, 0.3) is 0 Å². The molecule has 0 spiro atoms. The van der Waals surface area contributed by atoms with Crippen LogP contribution in [0, 0.1) is 0 Å². The van der Waals surface area contributed by atoms with Crippen molar-refractivity contribution >= 4 is 12.1 Å². The molecule has 132 valence electrons. The average molecular weight is 347 g/mol. The number of hydrazone groups is 1. The Morgan fingerprint density at radius 3 is 2.08 bits per heavy atom. The summed E-state index contributed by atoms with van der Waals surface area (Å²) in [6, 6.07) is 23.8. The standard InChI is InChI=1S/C21H21N3O2/c25-21(23-22-14-20-12-7-13-26-20)17-24(15-18-8-3-1-4-9-18)16-19-10-5-2-6-11-19/h1-14H,15-17H2,(H,23,25).